The minimum absolute atomic E-state index is 0. The second-order valence-corrected chi connectivity index (χ2v) is 32.9. The Morgan fingerprint density at radius 1 is 0.526 bits per heavy atom. The van der Waals surface area contributed by atoms with Crippen molar-refractivity contribution >= 4 is 192 Å². The predicted octanol–water partition coefficient (Wildman–Crippen LogP) is 6.16. The van der Waals surface area contributed by atoms with Crippen molar-refractivity contribution in [1.82, 2.24) is 24.5 Å². The van der Waals surface area contributed by atoms with Crippen LogP contribution in [0.5, 0.6) is 17.4 Å². The number of carbonyl (C=O) groups excluding carboxylic acids is 4. The molecule has 0 unspecified atom stereocenters. The maximum Gasteiger partial charge on any atom is 0.425 e. The van der Waals surface area contributed by atoms with Crippen LogP contribution in [-0.4, -0.2) is 181 Å². The molecule has 0 saturated heterocycles. The maximum absolute atomic E-state index is 12.9. The van der Waals surface area contributed by atoms with Gasteiger partial charge >= 0.3 is 33.5 Å². The van der Waals surface area contributed by atoms with Crippen LogP contribution in [0.3, 0.4) is 0 Å². The summed E-state index contributed by atoms with van der Waals surface area (Å²) in [5, 5.41) is 60.7. The molecule has 0 radical (unpaired) electrons. The number of azo groups is 3. The number of fused-ring (bicyclic) bond motifs is 4. The van der Waals surface area contributed by atoms with Crippen LogP contribution in [0.15, 0.2) is 193 Å². The molecule has 0 aliphatic heterocycles. The molecule has 0 spiro atoms. The number of nitrogens with one attached hydrogen (secondary N) is 1. The highest BCUT2D eigenvalue weighted by molar-refractivity contribution is 7.88. The molecular weight excluding hydrogens is 1740 g/mol. The molecule has 8 aromatic carbocycles. The zero-order valence-electron chi connectivity index (χ0n) is 55.1. The minimum Gasteiger partial charge on any atom is -0.505 e. The third-order valence-electron chi connectivity index (χ3n) is 14.0. The van der Waals surface area contributed by atoms with Crippen LogP contribution < -0.4 is 10.3 Å². The van der Waals surface area contributed by atoms with Crippen molar-refractivity contribution < 1.29 is 155 Å². The molecule has 0 bridgehead atoms. The number of nitrogens with zero attached hydrogens (tertiary/aromatic N) is 10. The van der Waals surface area contributed by atoms with E-state index in [-0.39, 0.29) is 94.5 Å². The van der Waals surface area contributed by atoms with Crippen molar-refractivity contribution in [2.24, 2.45) is 30.7 Å². The normalized spacial score (nSPS) is 11.9. The quantitative estimate of drug-likeness (QED) is 0.0231. The van der Waals surface area contributed by atoms with Gasteiger partial charge in [-0.15, -0.1) is 55.9 Å². The van der Waals surface area contributed by atoms with Crippen molar-refractivity contribution in [3.8, 4) is 28.8 Å². The van der Waals surface area contributed by atoms with Gasteiger partial charge in [-0.2, -0.15) is 87.9 Å². The zero-order chi connectivity index (χ0) is 84.8. The van der Waals surface area contributed by atoms with Crippen LogP contribution in [0.4, 0.5) is 33.6 Å². The molecular formula is C57H47N11O36S10. The summed E-state index contributed by atoms with van der Waals surface area (Å²) in [6, 6.07) is 21.7. The highest BCUT2D eigenvalue weighted by atomic mass is 32.2. The van der Waals surface area contributed by atoms with E-state index < -0.39 is 172 Å². The molecule has 606 valence electrons. The van der Waals surface area contributed by atoms with E-state index in [0.29, 0.717) is 39.5 Å². The van der Waals surface area contributed by atoms with Crippen LogP contribution in [0.25, 0.3) is 53.9 Å². The highest BCUT2D eigenvalue weighted by Gasteiger charge is 2.29. The van der Waals surface area contributed by atoms with E-state index >= 15 is 0 Å². The number of ether oxygens (including phenoxy) is 1. The number of thiazole rings is 1. The fourth-order valence-electron chi connectivity index (χ4n) is 9.61. The lowest BCUT2D eigenvalue weighted by Gasteiger charge is -2.13. The fourth-order valence-corrected chi connectivity index (χ4v) is 15.2. The number of phenols is 1. The van der Waals surface area contributed by atoms with E-state index in [1.165, 1.54) is 53.9 Å². The van der Waals surface area contributed by atoms with Gasteiger partial charge in [0.1, 0.15) is 47.3 Å². The Morgan fingerprint density at radius 2 is 1.04 bits per heavy atom. The lowest BCUT2D eigenvalue weighted by Crippen LogP contribution is -2.14. The number of H-pyrrole nitrogens is 1. The van der Waals surface area contributed by atoms with Crippen LogP contribution in [-0.2, 0) is 118 Å². The lowest BCUT2D eigenvalue weighted by molar-refractivity contribution is -0.193. The number of hydrogen-bond donors (Lipinski definition) is 11. The van der Waals surface area contributed by atoms with Crippen LogP contribution >= 0.6 is 11.3 Å². The number of aromatic hydroxyl groups is 2. The Hall–Kier alpha value is -11.8. The van der Waals surface area contributed by atoms with E-state index in [1.54, 1.807) is 25.1 Å². The van der Waals surface area contributed by atoms with E-state index in [2.05, 4.69) is 45.9 Å². The first-order valence-electron chi connectivity index (χ1n) is 28.8. The molecule has 0 saturated carbocycles. The second kappa shape index (κ2) is 37.7. The van der Waals surface area contributed by atoms with Gasteiger partial charge in [0.05, 0.1) is 57.3 Å². The molecule has 0 atom stereocenters. The average molecular weight is 1780 g/mol. The third kappa shape index (κ3) is 24.3. The summed E-state index contributed by atoms with van der Waals surface area (Å²) in [7, 11) is -41.2. The van der Waals surface area contributed by atoms with Gasteiger partial charge < -0.3 is 20.1 Å². The molecule has 3 aromatic heterocycles. The second-order valence-electron chi connectivity index (χ2n) is 21.2. The Labute approximate surface area is 644 Å². The predicted molar refractivity (Wildman–Crippen MR) is 383 cm³/mol. The van der Waals surface area contributed by atoms with Crippen LogP contribution in [0, 0.1) is 6.92 Å². The number of aryl methyl sites for hydroxylation is 1. The number of hydrogen-bond acceptors (Lipinski definition) is 38. The summed E-state index contributed by atoms with van der Waals surface area (Å²) < 4.78 is 295. The Bertz CT molecular complexity index is 6930. The first kappa shape index (κ1) is 92.8. The summed E-state index contributed by atoms with van der Waals surface area (Å²) in [6.07, 6.45) is 2.46. The summed E-state index contributed by atoms with van der Waals surface area (Å²) in [5.41, 5.74) is -0.430. The minimum atomic E-state index is -5.40. The number of aromatic nitrogens is 5. The number of phenolic OH excluding ortho intramolecular Hbond substituents is 1. The van der Waals surface area contributed by atoms with Crippen LogP contribution in [0.1, 0.15) is 25.0 Å². The van der Waals surface area contributed by atoms with Crippen LogP contribution in [0.2, 0.25) is 0 Å². The molecule has 0 fully saturated rings. The molecule has 57 heteroatoms. The summed E-state index contributed by atoms with van der Waals surface area (Å²) in [6.45, 7) is 1.25. The molecule has 11 aromatic rings. The van der Waals surface area contributed by atoms with E-state index in [4.69, 9.17) is 49.2 Å². The largest absolute Gasteiger partial charge is 0.505 e. The monoisotopic (exact) mass is 1780 g/mol. The standard InChI is InChI=1S/C41H33N9O19S6.C13H10N2O7S2.2CO2.CH4.2O3S/c1-20-11-32(34(69-9-2-10-71(54,55)56)17-31(20)46-49-41-43-28-6-3-21(19-51)12-35(28)70-41)47-44-29-7-5-25-24(38(29)52)4-8-30(39(25)75(66,67)68)45-48-33-18-42-50(40(33)53)22-13-26-27(36(14-22)73(60,61)62)15-23(72(57,58)59)16-37(26)74(63,64)65;16-13-4-5-14-15(13)8-6-10-9(12(7-8)24(20,21)22)2-1-3-11(10)23(17,18)19;2*2-1-3;;2*1-4(2)3/h3-8,11-18,51-53H,2,9-10,19H2,1H3,(H,54,55,56)(H,57,58,59)(H,60,61,62)(H,63,64,65)(H,66,67,68);1-7,14H,(H,17,18,19)(H,20,21,22);;;1H4;;. The van der Waals surface area contributed by atoms with E-state index in [9.17, 15) is 111 Å². The summed E-state index contributed by atoms with van der Waals surface area (Å²) >= 11 is 1.22. The van der Waals surface area contributed by atoms with Crippen molar-refractivity contribution in [3.05, 3.63) is 149 Å². The lowest BCUT2D eigenvalue weighted by atomic mass is 10.1. The van der Waals surface area contributed by atoms with Crippen molar-refractivity contribution in [2.45, 2.75) is 56.8 Å². The maximum atomic E-state index is 12.9. The summed E-state index contributed by atoms with van der Waals surface area (Å²) in [4.78, 5) is 43.0. The van der Waals surface area contributed by atoms with Crippen molar-refractivity contribution in [1.29, 1.82) is 0 Å². The Morgan fingerprint density at radius 3 is 1.59 bits per heavy atom. The SMILES string of the molecule is C.Cc1cc(N=Nc2ccc3c(S(=O)(=O)O)c(N=Nc4cnn(-c5cc(S(=O)(=O)O)c6cc(S(=O)(=O)O)cc(S(=O)(=O)O)c6c5)c4O)ccc3c2O)c(OCCCS(=O)(=O)O)cc1N=Nc1nc2ccc(CO)cc2s1.O=C=O.O=C=O.O=S(=O)=O.O=S(=O)=O.O=c1cc[nH]n1-c1cc(S(=O)(=O)O)c2cccc(S(=O)(=O)O)c2c1. The first-order chi connectivity index (χ1) is 52.4. The molecule has 11 N–H and O–H groups in total. The Kier molecular flexibility index (Phi) is 30.7. The van der Waals surface area contributed by atoms with E-state index in [0.717, 1.165) is 58.0 Å². The van der Waals surface area contributed by atoms with Gasteiger partial charge in [0.15, 0.2) is 11.4 Å². The number of aliphatic hydroxyl groups excluding tert-OH is 1. The average Bonchev–Trinajstić information content (AvgIpc) is 0.881. The molecule has 11 rings (SSSR count). The van der Waals surface area contributed by atoms with Gasteiger partial charge in [-0.3, -0.25) is 41.8 Å². The smallest absolute Gasteiger partial charge is 0.425 e. The molecule has 0 aliphatic rings. The van der Waals surface area contributed by atoms with Gasteiger partial charge in [0.2, 0.25) is 11.0 Å². The topological polar surface area (TPSA) is 764 Å². The zero-order valence-corrected chi connectivity index (χ0v) is 63.3. The van der Waals surface area contributed by atoms with Gasteiger partial charge in [-0.25, -0.2) is 9.67 Å². The number of benzene rings is 8. The highest BCUT2D eigenvalue weighted by Crippen LogP contribution is 2.45. The van der Waals surface area contributed by atoms with E-state index in [1.807, 2.05) is 0 Å². The fraction of sp³-hybridized carbons (Fsp3) is 0.105. The molecule has 0 amide bonds. The third-order valence-corrected chi connectivity index (χ3v) is 21.0. The number of aliphatic hydroxyl groups is 1. The van der Waals surface area contributed by atoms with Crippen molar-refractivity contribution in [3.63, 3.8) is 0 Å². The first-order valence-corrected chi connectivity index (χ1v) is 41.8. The molecule has 0 aliphatic carbocycles. The van der Waals surface area contributed by atoms with Crippen molar-refractivity contribution in [2.75, 3.05) is 12.4 Å². The number of rotatable bonds is 20. The van der Waals surface area contributed by atoms with Gasteiger partial charge in [-0.05, 0) is 103 Å². The van der Waals surface area contributed by atoms with Gasteiger partial charge in [0, 0.05) is 50.6 Å². The molecule has 3 heterocycles. The van der Waals surface area contributed by atoms with Gasteiger partial charge in [0.25, 0.3) is 76.4 Å². The molecule has 47 nitrogen and oxygen atoms in total. The number of aromatic amines is 1. The summed E-state index contributed by atoms with van der Waals surface area (Å²) in [5.74, 6) is -2.27. The molecule has 114 heavy (non-hydrogen) atoms. The Balaban J connectivity index is 0.000000488. The van der Waals surface area contributed by atoms with Gasteiger partial charge in [-0.1, -0.05) is 43.0 Å².